The van der Waals surface area contributed by atoms with Crippen molar-refractivity contribution in [2.45, 2.75) is 18.7 Å². The van der Waals surface area contributed by atoms with Gasteiger partial charge < -0.3 is 5.32 Å². The minimum absolute atomic E-state index is 0.126. The van der Waals surface area contributed by atoms with Crippen LogP contribution < -0.4 is 10.0 Å². The average molecular weight is 506 g/mol. The number of hydrogen-bond donors (Lipinski definition) is 2. The highest BCUT2D eigenvalue weighted by Crippen LogP contribution is 2.22. The minimum atomic E-state index is -3.72. The van der Waals surface area contributed by atoms with Crippen LogP contribution >= 0.6 is 22.6 Å². The zero-order chi connectivity index (χ0) is 20.3. The Morgan fingerprint density at radius 3 is 2.18 bits per heavy atom. The highest BCUT2D eigenvalue weighted by Gasteiger charge is 2.16. The molecule has 0 saturated carbocycles. The van der Waals surface area contributed by atoms with Gasteiger partial charge in [0.2, 0.25) is 0 Å². The van der Waals surface area contributed by atoms with Gasteiger partial charge in [-0.25, -0.2) is 8.42 Å². The third-order valence-electron chi connectivity index (χ3n) is 4.17. The average Bonchev–Trinajstić information content (AvgIpc) is 2.65. The summed E-state index contributed by atoms with van der Waals surface area (Å²) in [4.78, 5) is 12.4. The molecule has 0 bridgehead atoms. The Bertz CT molecular complexity index is 1110. The van der Waals surface area contributed by atoms with Crippen LogP contribution in [-0.4, -0.2) is 14.3 Å². The number of hydrogen-bond acceptors (Lipinski definition) is 3. The molecule has 0 radical (unpaired) electrons. The van der Waals surface area contributed by atoms with Gasteiger partial charge in [0.25, 0.3) is 15.9 Å². The van der Waals surface area contributed by atoms with Gasteiger partial charge in [0.15, 0.2) is 0 Å². The first-order valence-electron chi connectivity index (χ1n) is 8.52. The van der Waals surface area contributed by atoms with Crippen LogP contribution in [-0.2, 0) is 10.0 Å². The molecule has 0 aliphatic heterocycles. The maximum absolute atomic E-state index is 12.7. The van der Waals surface area contributed by atoms with Gasteiger partial charge in [0, 0.05) is 14.8 Å². The summed E-state index contributed by atoms with van der Waals surface area (Å²) in [6.07, 6.45) is 0. The van der Waals surface area contributed by atoms with Crippen molar-refractivity contribution in [3.8, 4) is 0 Å². The van der Waals surface area contributed by atoms with Crippen LogP contribution in [0.15, 0.2) is 71.6 Å². The Labute approximate surface area is 178 Å². The lowest BCUT2D eigenvalue weighted by atomic mass is 10.1. The fraction of sp³-hybridized carbons (Fsp3) is 0.0952. The van der Waals surface area contributed by atoms with Gasteiger partial charge in [-0.05, 0) is 102 Å². The molecule has 0 spiro atoms. The number of nitrogens with one attached hydrogen (secondary N) is 2. The molecule has 5 nitrogen and oxygen atoms in total. The van der Waals surface area contributed by atoms with Gasteiger partial charge in [-0.15, -0.1) is 0 Å². The Hall–Kier alpha value is -2.39. The Morgan fingerprint density at radius 2 is 1.54 bits per heavy atom. The predicted octanol–water partition coefficient (Wildman–Crippen LogP) is 4.96. The van der Waals surface area contributed by atoms with E-state index in [1.54, 1.807) is 30.3 Å². The summed E-state index contributed by atoms with van der Waals surface area (Å²) in [7, 11) is -3.72. The van der Waals surface area contributed by atoms with Crippen molar-refractivity contribution in [3.63, 3.8) is 0 Å². The van der Waals surface area contributed by atoms with E-state index < -0.39 is 10.0 Å². The molecule has 0 fully saturated rings. The van der Waals surface area contributed by atoms with Crippen molar-refractivity contribution < 1.29 is 13.2 Å². The Kier molecular flexibility index (Phi) is 6.04. The molecule has 7 heteroatoms. The molecule has 3 aromatic carbocycles. The number of sulfonamides is 1. The zero-order valence-corrected chi connectivity index (χ0v) is 18.3. The Balaban J connectivity index is 1.75. The highest BCUT2D eigenvalue weighted by molar-refractivity contribution is 14.1. The van der Waals surface area contributed by atoms with E-state index in [2.05, 4.69) is 32.6 Å². The van der Waals surface area contributed by atoms with Crippen LogP contribution in [0.5, 0.6) is 0 Å². The molecule has 0 atom stereocenters. The molecule has 144 valence electrons. The molecule has 2 N–H and O–H groups in total. The fourth-order valence-corrected chi connectivity index (χ4v) is 4.05. The van der Waals surface area contributed by atoms with Crippen LogP contribution in [0, 0.1) is 17.4 Å². The van der Waals surface area contributed by atoms with E-state index in [0.717, 1.165) is 14.7 Å². The molecule has 0 unspecified atom stereocenters. The number of aryl methyl sites for hydroxylation is 2. The first-order valence-corrected chi connectivity index (χ1v) is 11.1. The van der Waals surface area contributed by atoms with Gasteiger partial charge >= 0.3 is 0 Å². The Morgan fingerprint density at radius 1 is 0.893 bits per heavy atom. The summed E-state index contributed by atoms with van der Waals surface area (Å²) < 4.78 is 29.0. The molecule has 0 aromatic heterocycles. The van der Waals surface area contributed by atoms with E-state index in [9.17, 15) is 13.2 Å². The second kappa shape index (κ2) is 8.32. The number of carbonyl (C=O) groups excluding carboxylic acids is 1. The van der Waals surface area contributed by atoms with Crippen LogP contribution in [0.2, 0.25) is 0 Å². The molecule has 3 aromatic rings. The predicted molar refractivity (Wildman–Crippen MR) is 120 cm³/mol. The fourth-order valence-electron chi connectivity index (χ4n) is 2.57. The van der Waals surface area contributed by atoms with Crippen molar-refractivity contribution in [2.24, 2.45) is 0 Å². The molecule has 1 amide bonds. The van der Waals surface area contributed by atoms with Crippen LogP contribution in [0.3, 0.4) is 0 Å². The summed E-state index contributed by atoms with van der Waals surface area (Å²) >= 11 is 2.17. The van der Waals surface area contributed by atoms with E-state index in [-0.39, 0.29) is 10.8 Å². The lowest BCUT2D eigenvalue weighted by Crippen LogP contribution is -2.15. The SMILES string of the molecule is Cc1ccc(C)c(NS(=O)(=O)c2ccc(NC(=O)c3ccc(I)cc3)cc2)c1. The van der Waals surface area contributed by atoms with Crippen molar-refractivity contribution in [2.75, 3.05) is 10.0 Å². The first kappa shape index (κ1) is 20.3. The summed E-state index contributed by atoms with van der Waals surface area (Å²) in [6, 6.07) is 18.9. The lowest BCUT2D eigenvalue weighted by Gasteiger charge is -2.12. The van der Waals surface area contributed by atoms with E-state index in [0.29, 0.717) is 16.9 Å². The number of benzene rings is 3. The van der Waals surface area contributed by atoms with Crippen molar-refractivity contribution >= 4 is 49.9 Å². The van der Waals surface area contributed by atoms with E-state index in [1.807, 2.05) is 38.1 Å². The number of amides is 1. The zero-order valence-electron chi connectivity index (χ0n) is 15.4. The molecule has 0 aliphatic carbocycles. The first-order chi connectivity index (χ1) is 13.2. The largest absolute Gasteiger partial charge is 0.322 e. The number of carbonyl (C=O) groups is 1. The standard InChI is InChI=1S/C21H19IN2O3S/c1-14-3-4-15(2)20(13-14)24-28(26,27)19-11-9-18(10-12-19)23-21(25)16-5-7-17(22)8-6-16/h3-13,24H,1-2H3,(H,23,25). The lowest BCUT2D eigenvalue weighted by molar-refractivity contribution is 0.102. The van der Waals surface area contributed by atoms with Crippen LogP contribution in [0.1, 0.15) is 21.5 Å². The van der Waals surface area contributed by atoms with Crippen molar-refractivity contribution in [1.29, 1.82) is 0 Å². The normalized spacial score (nSPS) is 11.1. The van der Waals surface area contributed by atoms with Crippen molar-refractivity contribution in [3.05, 3.63) is 87.0 Å². The molecule has 0 heterocycles. The maximum Gasteiger partial charge on any atom is 0.261 e. The topological polar surface area (TPSA) is 75.3 Å². The molecule has 28 heavy (non-hydrogen) atoms. The van der Waals surface area contributed by atoms with E-state index in [1.165, 1.54) is 12.1 Å². The summed E-state index contributed by atoms with van der Waals surface area (Å²) in [6.45, 7) is 3.75. The monoisotopic (exact) mass is 506 g/mol. The third-order valence-corrected chi connectivity index (χ3v) is 6.27. The summed E-state index contributed by atoms with van der Waals surface area (Å²) in [5.74, 6) is -0.250. The van der Waals surface area contributed by atoms with Gasteiger partial charge in [0.1, 0.15) is 0 Å². The van der Waals surface area contributed by atoms with Crippen molar-refractivity contribution in [1.82, 2.24) is 0 Å². The second-order valence-electron chi connectivity index (χ2n) is 6.41. The minimum Gasteiger partial charge on any atom is -0.322 e. The van der Waals surface area contributed by atoms with Crippen LogP contribution in [0.4, 0.5) is 11.4 Å². The van der Waals surface area contributed by atoms with Gasteiger partial charge in [-0.2, -0.15) is 0 Å². The number of anilines is 2. The van der Waals surface area contributed by atoms with Gasteiger partial charge in [0.05, 0.1) is 10.6 Å². The quantitative estimate of drug-likeness (QED) is 0.481. The second-order valence-corrected chi connectivity index (χ2v) is 9.34. The summed E-state index contributed by atoms with van der Waals surface area (Å²) in [5.41, 5.74) is 3.42. The molecular formula is C21H19IN2O3S. The molecule has 0 aliphatic rings. The van der Waals surface area contributed by atoms with Crippen LogP contribution in [0.25, 0.3) is 0 Å². The van der Waals surface area contributed by atoms with E-state index in [4.69, 9.17) is 0 Å². The van der Waals surface area contributed by atoms with E-state index >= 15 is 0 Å². The summed E-state index contributed by atoms with van der Waals surface area (Å²) in [5, 5.41) is 2.77. The van der Waals surface area contributed by atoms with Gasteiger partial charge in [-0.3, -0.25) is 9.52 Å². The number of rotatable bonds is 5. The smallest absolute Gasteiger partial charge is 0.261 e. The molecule has 3 rings (SSSR count). The molecular weight excluding hydrogens is 487 g/mol. The highest BCUT2D eigenvalue weighted by atomic mass is 127. The van der Waals surface area contributed by atoms with Gasteiger partial charge in [-0.1, -0.05) is 12.1 Å². The molecule has 0 saturated heterocycles. The number of halogens is 1. The third kappa shape index (κ3) is 4.90. The maximum atomic E-state index is 12.7.